The maximum Gasteiger partial charge on any atom is 0.121 e. The average Bonchev–Trinajstić information content (AvgIpc) is 2.64. The Hall–Kier alpha value is -0.800. The normalized spacial score (nSPS) is 24.5. The van der Waals surface area contributed by atoms with Gasteiger partial charge in [-0.25, -0.2) is 0 Å². The number of nitrogens with one attached hydrogen (secondary N) is 1. The molecule has 1 aromatic rings. The van der Waals surface area contributed by atoms with Gasteiger partial charge in [0.25, 0.3) is 0 Å². The smallest absolute Gasteiger partial charge is 0.121 e. The molecule has 1 aliphatic heterocycles. The van der Waals surface area contributed by atoms with E-state index in [1.165, 1.54) is 12.8 Å². The van der Waals surface area contributed by atoms with Crippen molar-refractivity contribution in [3.63, 3.8) is 0 Å². The van der Waals surface area contributed by atoms with Crippen LogP contribution in [0.15, 0.2) is 16.5 Å². The number of aryl methyl sites for hydroxylation is 1. The van der Waals surface area contributed by atoms with Crippen LogP contribution in [0, 0.1) is 6.92 Å². The molecule has 2 atom stereocenters. The molecule has 1 aliphatic rings. The van der Waals surface area contributed by atoms with Gasteiger partial charge in [0.05, 0.1) is 6.04 Å². The van der Waals surface area contributed by atoms with Crippen LogP contribution >= 0.6 is 0 Å². The van der Waals surface area contributed by atoms with Crippen LogP contribution in [0.25, 0.3) is 0 Å². The van der Waals surface area contributed by atoms with Crippen molar-refractivity contribution >= 4 is 0 Å². The third-order valence-corrected chi connectivity index (χ3v) is 3.81. The van der Waals surface area contributed by atoms with Crippen molar-refractivity contribution in [3.8, 4) is 0 Å². The van der Waals surface area contributed by atoms with Gasteiger partial charge in [-0.05, 0) is 38.8 Å². The van der Waals surface area contributed by atoms with Gasteiger partial charge in [0.15, 0.2) is 0 Å². The minimum absolute atomic E-state index is 0.390. The highest BCUT2D eigenvalue weighted by atomic mass is 16.3. The lowest BCUT2D eigenvalue weighted by atomic mass is 10.1. The molecule has 3 heteroatoms. The zero-order chi connectivity index (χ0) is 12.3. The van der Waals surface area contributed by atoms with Crippen LogP contribution in [0.1, 0.15) is 44.3 Å². The second kappa shape index (κ2) is 5.69. The lowest BCUT2D eigenvalue weighted by molar-refractivity contribution is 0.197. The summed E-state index contributed by atoms with van der Waals surface area (Å²) in [6, 6.07) is 5.23. The molecule has 1 saturated heterocycles. The monoisotopic (exact) mass is 236 g/mol. The number of furan rings is 1. The summed E-state index contributed by atoms with van der Waals surface area (Å²) >= 11 is 0. The molecule has 1 N–H and O–H groups in total. The van der Waals surface area contributed by atoms with Crippen molar-refractivity contribution in [2.24, 2.45) is 0 Å². The molecule has 0 aromatic carbocycles. The van der Waals surface area contributed by atoms with Crippen molar-refractivity contribution in [3.05, 3.63) is 23.7 Å². The Balaban J connectivity index is 1.97. The largest absolute Gasteiger partial charge is 0.465 e. The first kappa shape index (κ1) is 12.7. The zero-order valence-electron chi connectivity index (χ0n) is 11.2. The van der Waals surface area contributed by atoms with Crippen LogP contribution in [0.5, 0.6) is 0 Å². The van der Waals surface area contributed by atoms with Gasteiger partial charge >= 0.3 is 0 Å². The predicted octanol–water partition coefficient (Wildman–Crippen LogP) is 2.72. The molecule has 17 heavy (non-hydrogen) atoms. The summed E-state index contributed by atoms with van der Waals surface area (Å²) < 4.78 is 5.73. The second-order valence-corrected chi connectivity index (χ2v) is 5.01. The van der Waals surface area contributed by atoms with Gasteiger partial charge in [-0.15, -0.1) is 0 Å². The maximum absolute atomic E-state index is 5.73. The Morgan fingerprint density at radius 3 is 2.94 bits per heavy atom. The predicted molar refractivity (Wildman–Crippen MR) is 70.1 cm³/mol. The fourth-order valence-corrected chi connectivity index (χ4v) is 2.54. The van der Waals surface area contributed by atoms with E-state index in [0.717, 1.165) is 31.2 Å². The standard InChI is InChI=1S/C14H24N2O/c1-4-13-7-9-16(10-8-15-13)12(3)14-6-5-11(2)17-14/h5-6,12-13,15H,4,7-10H2,1-3H3. The molecule has 3 nitrogen and oxygen atoms in total. The van der Waals surface area contributed by atoms with Crippen molar-refractivity contribution in [1.29, 1.82) is 0 Å². The molecule has 96 valence electrons. The molecular weight excluding hydrogens is 212 g/mol. The van der Waals surface area contributed by atoms with Crippen LogP contribution in [-0.4, -0.2) is 30.6 Å². The lowest BCUT2D eigenvalue weighted by Gasteiger charge is -2.25. The highest BCUT2D eigenvalue weighted by Crippen LogP contribution is 2.23. The van der Waals surface area contributed by atoms with Gasteiger partial charge in [-0.3, -0.25) is 4.90 Å². The molecule has 1 aromatic heterocycles. The highest BCUT2D eigenvalue weighted by Gasteiger charge is 2.21. The molecule has 0 saturated carbocycles. The van der Waals surface area contributed by atoms with Crippen molar-refractivity contribution in [2.45, 2.75) is 45.7 Å². The van der Waals surface area contributed by atoms with Crippen LogP contribution < -0.4 is 5.32 Å². The summed E-state index contributed by atoms with van der Waals surface area (Å²) in [5.41, 5.74) is 0. The van der Waals surface area contributed by atoms with Crippen LogP contribution in [0.3, 0.4) is 0 Å². The van der Waals surface area contributed by atoms with Gasteiger partial charge in [0.1, 0.15) is 11.5 Å². The van der Waals surface area contributed by atoms with E-state index in [0.29, 0.717) is 12.1 Å². The van der Waals surface area contributed by atoms with E-state index in [1.807, 2.05) is 6.92 Å². The summed E-state index contributed by atoms with van der Waals surface area (Å²) in [4.78, 5) is 2.51. The quantitative estimate of drug-likeness (QED) is 0.874. The topological polar surface area (TPSA) is 28.4 Å². The summed E-state index contributed by atoms with van der Waals surface area (Å²) in [6.45, 7) is 9.86. The van der Waals surface area contributed by atoms with Gasteiger partial charge in [-0.1, -0.05) is 6.92 Å². The van der Waals surface area contributed by atoms with Crippen molar-refractivity contribution in [1.82, 2.24) is 10.2 Å². The number of nitrogens with zero attached hydrogens (tertiary/aromatic N) is 1. The third kappa shape index (κ3) is 3.11. The fraction of sp³-hybridized carbons (Fsp3) is 0.714. The van der Waals surface area contributed by atoms with Gasteiger partial charge in [0.2, 0.25) is 0 Å². The molecule has 0 amide bonds. The van der Waals surface area contributed by atoms with E-state index < -0.39 is 0 Å². The van der Waals surface area contributed by atoms with E-state index in [4.69, 9.17) is 4.42 Å². The molecule has 0 bridgehead atoms. The van der Waals surface area contributed by atoms with Crippen LogP contribution in [0.2, 0.25) is 0 Å². The first-order chi connectivity index (χ1) is 8.20. The maximum atomic E-state index is 5.73. The Morgan fingerprint density at radius 2 is 2.29 bits per heavy atom. The van der Waals surface area contributed by atoms with E-state index in [-0.39, 0.29) is 0 Å². The molecule has 0 spiro atoms. The number of hydrogen-bond acceptors (Lipinski definition) is 3. The molecular formula is C14H24N2O. The lowest BCUT2D eigenvalue weighted by Crippen LogP contribution is -2.31. The Morgan fingerprint density at radius 1 is 1.47 bits per heavy atom. The van der Waals surface area contributed by atoms with Crippen LogP contribution in [0.4, 0.5) is 0 Å². The van der Waals surface area contributed by atoms with Gasteiger partial charge in [0, 0.05) is 25.7 Å². The number of rotatable bonds is 3. The molecule has 1 fully saturated rings. The van der Waals surface area contributed by atoms with Crippen molar-refractivity contribution in [2.75, 3.05) is 19.6 Å². The van der Waals surface area contributed by atoms with Crippen molar-refractivity contribution < 1.29 is 4.42 Å². The number of hydrogen-bond donors (Lipinski definition) is 1. The van der Waals surface area contributed by atoms with E-state index >= 15 is 0 Å². The minimum atomic E-state index is 0.390. The Kier molecular flexibility index (Phi) is 4.24. The first-order valence-corrected chi connectivity index (χ1v) is 6.74. The van der Waals surface area contributed by atoms with E-state index in [2.05, 4.69) is 36.2 Å². The Bertz CT molecular complexity index is 348. The molecule has 0 aliphatic carbocycles. The zero-order valence-corrected chi connectivity index (χ0v) is 11.2. The minimum Gasteiger partial charge on any atom is -0.465 e. The highest BCUT2D eigenvalue weighted by molar-refractivity contribution is 5.09. The summed E-state index contributed by atoms with van der Waals surface area (Å²) in [7, 11) is 0. The molecule has 2 heterocycles. The molecule has 2 unspecified atom stereocenters. The van der Waals surface area contributed by atoms with Crippen LogP contribution in [-0.2, 0) is 0 Å². The average molecular weight is 236 g/mol. The SMILES string of the molecule is CCC1CCN(C(C)c2ccc(C)o2)CCN1. The van der Waals surface area contributed by atoms with Gasteiger partial charge in [-0.2, -0.15) is 0 Å². The molecule has 2 rings (SSSR count). The van der Waals surface area contributed by atoms with E-state index in [9.17, 15) is 0 Å². The Labute approximate surface area is 104 Å². The molecule has 0 radical (unpaired) electrons. The summed E-state index contributed by atoms with van der Waals surface area (Å²) in [6.07, 6.45) is 2.46. The fourth-order valence-electron chi connectivity index (χ4n) is 2.54. The van der Waals surface area contributed by atoms with Gasteiger partial charge < -0.3 is 9.73 Å². The summed E-state index contributed by atoms with van der Waals surface area (Å²) in [5, 5.41) is 3.60. The van der Waals surface area contributed by atoms with E-state index in [1.54, 1.807) is 0 Å². The summed E-state index contributed by atoms with van der Waals surface area (Å²) in [5.74, 6) is 2.10. The second-order valence-electron chi connectivity index (χ2n) is 5.01. The first-order valence-electron chi connectivity index (χ1n) is 6.74. The third-order valence-electron chi connectivity index (χ3n) is 3.81.